The minimum absolute atomic E-state index is 0.0614. The molecule has 0 saturated heterocycles. The van der Waals surface area contributed by atoms with Crippen LogP contribution in [-0.2, 0) is 23.8 Å². The van der Waals surface area contributed by atoms with Crippen LogP contribution in [0.15, 0.2) is 60.8 Å². The predicted molar refractivity (Wildman–Crippen MR) is 242 cm³/mol. The van der Waals surface area contributed by atoms with Gasteiger partial charge >= 0.3 is 11.9 Å². The lowest BCUT2D eigenvalue weighted by Crippen LogP contribution is -2.30. The zero-order valence-electron chi connectivity index (χ0n) is 37.1. The summed E-state index contributed by atoms with van der Waals surface area (Å²) in [6.45, 7) is 7.66. The molecule has 0 radical (unpaired) electrons. The smallest absolute Gasteiger partial charge is 0.306 e. The van der Waals surface area contributed by atoms with Crippen molar-refractivity contribution in [3.8, 4) is 0 Å². The fourth-order valence-corrected chi connectivity index (χ4v) is 6.49. The summed E-state index contributed by atoms with van der Waals surface area (Å²) in [6.07, 6.45) is 57.9. The Labute approximate surface area is 347 Å². The van der Waals surface area contributed by atoms with Crippen molar-refractivity contribution in [1.82, 2.24) is 0 Å². The van der Waals surface area contributed by atoms with E-state index in [4.69, 9.17) is 14.2 Å². The van der Waals surface area contributed by atoms with Gasteiger partial charge in [-0.2, -0.15) is 0 Å². The van der Waals surface area contributed by atoms with Crippen LogP contribution in [0.4, 0.5) is 0 Å². The van der Waals surface area contributed by atoms with Crippen LogP contribution in [0.1, 0.15) is 226 Å². The third-order valence-corrected chi connectivity index (χ3v) is 10.0. The minimum atomic E-state index is -0.554. The summed E-state index contributed by atoms with van der Waals surface area (Å²) in [6, 6.07) is 0. The van der Waals surface area contributed by atoms with Crippen LogP contribution >= 0.6 is 0 Å². The topological polar surface area (TPSA) is 61.8 Å². The average molecular weight is 783 g/mol. The average Bonchev–Trinajstić information content (AvgIpc) is 3.20. The first-order chi connectivity index (χ1) is 27.6. The molecule has 0 aliphatic carbocycles. The Morgan fingerprint density at radius 1 is 0.411 bits per heavy atom. The summed E-state index contributed by atoms with van der Waals surface area (Å²) in [5, 5.41) is 0. The molecule has 0 fully saturated rings. The quantitative estimate of drug-likeness (QED) is 0.0350. The van der Waals surface area contributed by atoms with Gasteiger partial charge in [-0.15, -0.1) is 0 Å². The highest BCUT2D eigenvalue weighted by atomic mass is 16.6. The summed E-state index contributed by atoms with van der Waals surface area (Å²) in [4.78, 5) is 25.3. The number of hydrogen-bond donors (Lipinski definition) is 0. The highest BCUT2D eigenvalue weighted by Gasteiger charge is 2.17. The molecule has 0 amide bonds. The molecule has 0 aromatic carbocycles. The fourth-order valence-electron chi connectivity index (χ4n) is 6.49. The van der Waals surface area contributed by atoms with Gasteiger partial charge < -0.3 is 14.2 Å². The zero-order valence-corrected chi connectivity index (χ0v) is 37.1. The number of carbonyl (C=O) groups excluding carboxylic acids is 2. The Hall–Kier alpha value is -2.40. The second-order valence-electron chi connectivity index (χ2n) is 15.6. The Morgan fingerprint density at radius 3 is 1.34 bits per heavy atom. The molecular weight excluding hydrogens is 693 g/mol. The van der Waals surface area contributed by atoms with E-state index in [1.807, 2.05) is 0 Å². The Balaban J connectivity index is 4.31. The molecule has 0 aliphatic rings. The molecule has 0 saturated carbocycles. The molecule has 0 aliphatic heterocycles. The summed E-state index contributed by atoms with van der Waals surface area (Å²) in [7, 11) is 0. The van der Waals surface area contributed by atoms with Gasteiger partial charge in [-0.1, -0.05) is 191 Å². The van der Waals surface area contributed by atoms with Crippen LogP contribution < -0.4 is 0 Å². The molecule has 5 nitrogen and oxygen atoms in total. The van der Waals surface area contributed by atoms with Gasteiger partial charge in [0.05, 0.1) is 6.61 Å². The Bertz CT molecular complexity index is 977. The van der Waals surface area contributed by atoms with Crippen LogP contribution in [-0.4, -0.2) is 37.9 Å². The maximum absolute atomic E-state index is 12.7. The maximum atomic E-state index is 12.7. The molecule has 324 valence electrons. The van der Waals surface area contributed by atoms with Gasteiger partial charge in [0.15, 0.2) is 6.10 Å². The van der Waals surface area contributed by atoms with E-state index in [1.54, 1.807) is 0 Å². The van der Waals surface area contributed by atoms with E-state index in [0.717, 1.165) is 83.5 Å². The van der Waals surface area contributed by atoms with Crippen LogP contribution in [0.2, 0.25) is 0 Å². The highest BCUT2D eigenvalue weighted by molar-refractivity contribution is 5.70. The fraction of sp³-hybridized carbons (Fsp3) is 0.765. The molecule has 1 unspecified atom stereocenters. The van der Waals surface area contributed by atoms with Crippen molar-refractivity contribution in [3.63, 3.8) is 0 Å². The van der Waals surface area contributed by atoms with Crippen molar-refractivity contribution in [2.45, 2.75) is 232 Å². The van der Waals surface area contributed by atoms with Gasteiger partial charge in [-0.05, 0) is 83.5 Å². The van der Waals surface area contributed by atoms with E-state index >= 15 is 0 Å². The van der Waals surface area contributed by atoms with Gasteiger partial charge in [0.2, 0.25) is 0 Å². The molecule has 0 heterocycles. The number of unbranched alkanes of at least 4 members (excludes halogenated alkanes) is 22. The van der Waals surface area contributed by atoms with Crippen molar-refractivity contribution >= 4 is 11.9 Å². The van der Waals surface area contributed by atoms with Crippen LogP contribution in [0, 0.1) is 0 Å². The predicted octanol–water partition coefficient (Wildman–Crippen LogP) is 15.8. The second-order valence-corrected chi connectivity index (χ2v) is 15.6. The van der Waals surface area contributed by atoms with E-state index < -0.39 is 6.10 Å². The van der Waals surface area contributed by atoms with E-state index in [9.17, 15) is 9.59 Å². The standard InChI is InChI=1S/C51H90O5/c1-4-7-10-13-16-19-22-24-26-28-30-32-35-38-41-44-50(52)55-48-49(47-54-46-43-40-37-34-21-18-15-12-9-6-3)56-51(53)45-42-39-36-33-31-29-27-25-23-20-17-14-11-8-5-2/h7,10,16,19,24-27,30,32,49H,4-6,8-9,11-15,17-18,20-23,28-29,31,33-48H2,1-3H3/b10-7-,19-16-,26-24-,27-25-,32-30-. The molecule has 0 rings (SSSR count). The third-order valence-electron chi connectivity index (χ3n) is 10.0. The molecule has 0 spiro atoms. The number of carbonyl (C=O) groups is 2. The van der Waals surface area contributed by atoms with Gasteiger partial charge in [0, 0.05) is 19.4 Å². The maximum Gasteiger partial charge on any atom is 0.306 e. The molecule has 1 atom stereocenters. The molecule has 0 aromatic heterocycles. The number of ether oxygens (including phenoxy) is 3. The van der Waals surface area contributed by atoms with Crippen molar-refractivity contribution in [2.75, 3.05) is 19.8 Å². The molecule has 0 N–H and O–H groups in total. The molecule has 56 heavy (non-hydrogen) atoms. The second kappa shape index (κ2) is 47.0. The van der Waals surface area contributed by atoms with Gasteiger partial charge in [-0.3, -0.25) is 9.59 Å². The molecule has 0 aromatic rings. The van der Waals surface area contributed by atoms with E-state index in [2.05, 4.69) is 81.5 Å². The number of rotatable bonds is 43. The summed E-state index contributed by atoms with van der Waals surface area (Å²) in [5.74, 6) is -0.452. The first-order valence-corrected chi connectivity index (χ1v) is 23.8. The van der Waals surface area contributed by atoms with Crippen molar-refractivity contribution < 1.29 is 23.8 Å². The minimum Gasteiger partial charge on any atom is -0.462 e. The Kier molecular flexibility index (Phi) is 45.0. The van der Waals surface area contributed by atoms with Gasteiger partial charge in [0.1, 0.15) is 6.61 Å². The third kappa shape index (κ3) is 44.3. The molecule has 0 bridgehead atoms. The monoisotopic (exact) mass is 783 g/mol. The van der Waals surface area contributed by atoms with E-state index in [1.165, 1.54) is 109 Å². The Morgan fingerprint density at radius 2 is 0.804 bits per heavy atom. The van der Waals surface area contributed by atoms with Gasteiger partial charge in [-0.25, -0.2) is 0 Å². The summed E-state index contributed by atoms with van der Waals surface area (Å²) in [5.41, 5.74) is 0. The molecule has 5 heteroatoms. The lowest BCUT2D eigenvalue weighted by atomic mass is 10.1. The number of allylic oxidation sites excluding steroid dienone is 10. The van der Waals surface area contributed by atoms with Crippen LogP contribution in [0.25, 0.3) is 0 Å². The first kappa shape index (κ1) is 53.6. The zero-order chi connectivity index (χ0) is 40.7. The van der Waals surface area contributed by atoms with Crippen LogP contribution in [0.5, 0.6) is 0 Å². The summed E-state index contributed by atoms with van der Waals surface area (Å²) < 4.78 is 17.3. The summed E-state index contributed by atoms with van der Waals surface area (Å²) >= 11 is 0. The largest absolute Gasteiger partial charge is 0.462 e. The van der Waals surface area contributed by atoms with E-state index in [0.29, 0.717) is 19.4 Å². The van der Waals surface area contributed by atoms with Crippen molar-refractivity contribution in [1.29, 1.82) is 0 Å². The van der Waals surface area contributed by atoms with Gasteiger partial charge in [0.25, 0.3) is 0 Å². The first-order valence-electron chi connectivity index (χ1n) is 23.8. The van der Waals surface area contributed by atoms with Crippen molar-refractivity contribution in [2.24, 2.45) is 0 Å². The number of hydrogen-bond acceptors (Lipinski definition) is 5. The lowest BCUT2D eigenvalue weighted by Gasteiger charge is -2.18. The SMILES string of the molecule is CC/C=C\C/C=C\C/C=C\C/C=C\CCCCC(=O)OCC(COCCCCCCCCCCCC)OC(=O)CCCCCCC/C=C\CCCCCCCC. The van der Waals surface area contributed by atoms with Crippen LogP contribution in [0.3, 0.4) is 0 Å². The molecular formula is C51H90O5. The normalized spacial score (nSPS) is 12.7. The van der Waals surface area contributed by atoms with E-state index in [-0.39, 0.29) is 25.2 Å². The van der Waals surface area contributed by atoms with Crippen molar-refractivity contribution in [3.05, 3.63) is 60.8 Å². The highest BCUT2D eigenvalue weighted by Crippen LogP contribution is 2.13. The number of esters is 2. The lowest BCUT2D eigenvalue weighted by molar-refractivity contribution is -0.163.